The quantitative estimate of drug-likeness (QED) is 0.599. The van der Waals surface area contributed by atoms with Crippen molar-refractivity contribution in [3.8, 4) is 5.75 Å². The van der Waals surface area contributed by atoms with Gasteiger partial charge in [0.05, 0.1) is 18.6 Å². The molecule has 7 nitrogen and oxygen atoms in total. The average Bonchev–Trinajstić information content (AvgIpc) is 2.57. The number of hydrogen-bond acceptors (Lipinski definition) is 5. The zero-order valence-corrected chi connectivity index (χ0v) is 14.8. The average molecular weight is 364 g/mol. The molecule has 0 unspecified atom stereocenters. The lowest BCUT2D eigenvalue weighted by Crippen LogP contribution is -2.22. The Balaban J connectivity index is 2.10. The van der Waals surface area contributed by atoms with Crippen molar-refractivity contribution < 1.29 is 14.5 Å². The highest BCUT2D eigenvalue weighted by Crippen LogP contribution is 2.32. The fraction of sp³-hybridized carbons (Fsp3) is 0.235. The molecule has 0 aliphatic carbocycles. The number of rotatable bonds is 6. The Morgan fingerprint density at radius 1 is 1.20 bits per heavy atom. The smallest absolute Gasteiger partial charge is 0.311 e. The molecule has 0 aliphatic rings. The Kier molecular flexibility index (Phi) is 5.82. The van der Waals surface area contributed by atoms with Gasteiger partial charge in [0.25, 0.3) is 0 Å². The van der Waals surface area contributed by atoms with Gasteiger partial charge < -0.3 is 15.4 Å². The molecule has 0 saturated heterocycles. The minimum absolute atomic E-state index is 0.0277. The Bertz CT molecular complexity index is 824. The van der Waals surface area contributed by atoms with Crippen LogP contribution >= 0.6 is 11.6 Å². The number of nitrogens with one attached hydrogen (secondary N) is 2. The molecule has 25 heavy (non-hydrogen) atoms. The van der Waals surface area contributed by atoms with Crippen LogP contribution in [0.5, 0.6) is 5.75 Å². The van der Waals surface area contributed by atoms with E-state index in [0.717, 1.165) is 11.3 Å². The molecule has 0 aromatic heterocycles. The Morgan fingerprint density at radius 2 is 1.92 bits per heavy atom. The first kappa shape index (κ1) is 18.5. The first-order valence-corrected chi connectivity index (χ1v) is 7.82. The number of halogens is 1. The van der Waals surface area contributed by atoms with E-state index in [1.807, 2.05) is 13.0 Å². The van der Waals surface area contributed by atoms with Crippen LogP contribution in [0, 0.1) is 24.0 Å². The third-order valence-corrected chi connectivity index (χ3v) is 3.87. The van der Waals surface area contributed by atoms with Crippen molar-refractivity contribution in [2.75, 3.05) is 24.3 Å². The van der Waals surface area contributed by atoms with Crippen LogP contribution in [0.1, 0.15) is 11.1 Å². The maximum Gasteiger partial charge on any atom is 0.311 e. The Morgan fingerprint density at radius 3 is 2.56 bits per heavy atom. The van der Waals surface area contributed by atoms with Gasteiger partial charge >= 0.3 is 5.69 Å². The number of nitrogens with zero attached hydrogens (tertiary/aromatic N) is 1. The van der Waals surface area contributed by atoms with Gasteiger partial charge in [0.2, 0.25) is 5.91 Å². The molecule has 0 heterocycles. The lowest BCUT2D eigenvalue weighted by atomic mass is 10.1. The fourth-order valence-electron chi connectivity index (χ4n) is 2.27. The van der Waals surface area contributed by atoms with Crippen LogP contribution in [-0.4, -0.2) is 24.5 Å². The standard InChI is InChI=1S/C17H18ClN3O4/c1-10-4-5-12(18)7-13(10)19-9-17(22)20-14-8-16(25-3)15(21(23)24)6-11(14)2/h4-8,19H,9H2,1-3H3,(H,20,22). The lowest BCUT2D eigenvalue weighted by Gasteiger charge is -2.13. The minimum Gasteiger partial charge on any atom is -0.490 e. The highest BCUT2D eigenvalue weighted by molar-refractivity contribution is 6.30. The number of anilines is 2. The van der Waals surface area contributed by atoms with Gasteiger partial charge in [0.1, 0.15) is 0 Å². The molecule has 0 saturated carbocycles. The third-order valence-electron chi connectivity index (χ3n) is 3.64. The largest absolute Gasteiger partial charge is 0.490 e. The van der Waals surface area contributed by atoms with E-state index < -0.39 is 4.92 Å². The molecule has 0 bridgehead atoms. The molecule has 2 rings (SSSR count). The molecule has 8 heteroatoms. The number of amides is 1. The molecule has 0 aliphatic heterocycles. The second-order valence-corrected chi connectivity index (χ2v) is 5.89. The monoisotopic (exact) mass is 363 g/mol. The van der Waals surface area contributed by atoms with Gasteiger partial charge in [0, 0.05) is 28.5 Å². The number of carbonyl (C=O) groups is 1. The van der Waals surface area contributed by atoms with Crippen molar-refractivity contribution in [3.05, 3.63) is 56.6 Å². The number of hydrogen-bond donors (Lipinski definition) is 2. The van der Waals surface area contributed by atoms with Crippen LogP contribution in [-0.2, 0) is 4.79 Å². The summed E-state index contributed by atoms with van der Waals surface area (Å²) in [5, 5.41) is 17.3. The number of methoxy groups -OCH3 is 1. The Labute approximate surface area is 150 Å². The second-order valence-electron chi connectivity index (χ2n) is 5.46. The van der Waals surface area contributed by atoms with E-state index in [4.69, 9.17) is 16.3 Å². The molecule has 2 aromatic carbocycles. The van der Waals surface area contributed by atoms with Crippen molar-refractivity contribution in [1.29, 1.82) is 0 Å². The summed E-state index contributed by atoms with van der Waals surface area (Å²) in [6, 6.07) is 8.17. The number of nitro benzene ring substituents is 1. The van der Waals surface area contributed by atoms with Crippen LogP contribution in [0.3, 0.4) is 0 Å². The van der Waals surface area contributed by atoms with Crippen molar-refractivity contribution in [3.63, 3.8) is 0 Å². The van der Waals surface area contributed by atoms with Crippen LogP contribution in [0.4, 0.5) is 17.1 Å². The van der Waals surface area contributed by atoms with E-state index in [1.165, 1.54) is 19.2 Å². The van der Waals surface area contributed by atoms with Crippen LogP contribution in [0.25, 0.3) is 0 Å². The molecule has 2 aromatic rings. The molecule has 2 N–H and O–H groups in total. The summed E-state index contributed by atoms with van der Waals surface area (Å²) in [5.41, 5.74) is 2.61. The van der Waals surface area contributed by atoms with Crippen molar-refractivity contribution in [2.45, 2.75) is 13.8 Å². The van der Waals surface area contributed by atoms with Gasteiger partial charge in [-0.15, -0.1) is 0 Å². The van der Waals surface area contributed by atoms with E-state index in [0.29, 0.717) is 16.3 Å². The highest BCUT2D eigenvalue weighted by Gasteiger charge is 2.18. The summed E-state index contributed by atoms with van der Waals surface area (Å²) >= 11 is 5.95. The maximum absolute atomic E-state index is 12.2. The minimum atomic E-state index is -0.527. The molecular formula is C17H18ClN3O4. The Hall–Kier alpha value is -2.80. The molecule has 132 valence electrons. The van der Waals surface area contributed by atoms with Crippen LogP contribution in [0.2, 0.25) is 5.02 Å². The lowest BCUT2D eigenvalue weighted by molar-refractivity contribution is -0.385. The van der Waals surface area contributed by atoms with E-state index in [-0.39, 0.29) is 23.9 Å². The summed E-state index contributed by atoms with van der Waals surface area (Å²) in [5.74, 6) is -0.206. The molecule has 0 atom stereocenters. The highest BCUT2D eigenvalue weighted by atomic mass is 35.5. The number of ether oxygens (including phenoxy) is 1. The fourth-order valence-corrected chi connectivity index (χ4v) is 2.44. The van der Waals surface area contributed by atoms with Gasteiger partial charge in [-0.25, -0.2) is 0 Å². The number of benzene rings is 2. The zero-order chi connectivity index (χ0) is 18.6. The molecule has 1 amide bonds. The van der Waals surface area contributed by atoms with Gasteiger partial charge in [-0.2, -0.15) is 0 Å². The molecular weight excluding hydrogens is 346 g/mol. The predicted octanol–water partition coefficient (Wildman–Crippen LogP) is 3.92. The molecule has 0 fully saturated rings. The van der Waals surface area contributed by atoms with E-state index in [2.05, 4.69) is 10.6 Å². The summed E-state index contributed by atoms with van der Waals surface area (Å²) < 4.78 is 5.02. The van der Waals surface area contributed by atoms with Gasteiger partial charge in [-0.1, -0.05) is 17.7 Å². The van der Waals surface area contributed by atoms with Crippen LogP contribution < -0.4 is 15.4 Å². The SMILES string of the molecule is COc1cc(NC(=O)CNc2cc(Cl)ccc2C)c(C)cc1[N+](=O)[O-]. The zero-order valence-electron chi connectivity index (χ0n) is 14.1. The first-order chi connectivity index (χ1) is 11.8. The first-order valence-electron chi connectivity index (χ1n) is 7.44. The van der Waals surface area contributed by atoms with E-state index >= 15 is 0 Å². The van der Waals surface area contributed by atoms with Crippen molar-refractivity contribution in [2.24, 2.45) is 0 Å². The van der Waals surface area contributed by atoms with E-state index in [1.54, 1.807) is 19.1 Å². The van der Waals surface area contributed by atoms with Crippen molar-refractivity contribution >= 4 is 34.6 Å². The third kappa shape index (κ3) is 4.60. The molecule has 0 spiro atoms. The van der Waals surface area contributed by atoms with Crippen molar-refractivity contribution in [1.82, 2.24) is 0 Å². The predicted molar refractivity (Wildman–Crippen MR) is 97.7 cm³/mol. The van der Waals surface area contributed by atoms with Crippen LogP contribution in [0.15, 0.2) is 30.3 Å². The normalized spacial score (nSPS) is 10.2. The summed E-state index contributed by atoms with van der Waals surface area (Å²) in [6.45, 7) is 3.61. The summed E-state index contributed by atoms with van der Waals surface area (Å²) in [6.07, 6.45) is 0. The number of aryl methyl sites for hydroxylation is 2. The van der Waals surface area contributed by atoms with Gasteiger partial charge in [0.15, 0.2) is 5.75 Å². The summed E-state index contributed by atoms with van der Waals surface area (Å²) in [7, 11) is 1.34. The van der Waals surface area contributed by atoms with Gasteiger partial charge in [-0.05, 0) is 37.1 Å². The molecule has 0 radical (unpaired) electrons. The number of nitro groups is 1. The summed E-state index contributed by atoms with van der Waals surface area (Å²) in [4.78, 5) is 22.6. The number of carbonyl (C=O) groups excluding carboxylic acids is 1. The van der Waals surface area contributed by atoms with E-state index in [9.17, 15) is 14.9 Å². The topological polar surface area (TPSA) is 93.5 Å². The second kappa shape index (κ2) is 7.85. The van der Waals surface area contributed by atoms with Gasteiger partial charge in [-0.3, -0.25) is 14.9 Å². The maximum atomic E-state index is 12.2.